The van der Waals surface area contributed by atoms with Gasteiger partial charge >= 0.3 is 0 Å². The Morgan fingerprint density at radius 2 is 1.89 bits per heavy atom. The van der Waals surface area contributed by atoms with Crippen LogP contribution in [0.3, 0.4) is 0 Å². The monoisotopic (exact) mass is 253 g/mol. The Hall–Kier alpha value is -1.96. The van der Waals surface area contributed by atoms with E-state index >= 15 is 0 Å². The van der Waals surface area contributed by atoms with Crippen molar-refractivity contribution < 1.29 is 4.74 Å². The molecule has 98 valence electrons. The van der Waals surface area contributed by atoms with E-state index in [1.807, 2.05) is 12.1 Å². The molecule has 0 saturated heterocycles. The van der Waals surface area contributed by atoms with Gasteiger partial charge in [0.1, 0.15) is 5.75 Å². The van der Waals surface area contributed by atoms with Crippen LogP contribution in [-0.4, -0.2) is 13.2 Å². The highest BCUT2D eigenvalue weighted by molar-refractivity contribution is 5.49. The van der Waals surface area contributed by atoms with Gasteiger partial charge in [-0.15, -0.1) is 0 Å². The number of anilines is 1. The molecule has 0 spiro atoms. The zero-order valence-corrected chi connectivity index (χ0v) is 11.2. The minimum atomic E-state index is 0.516. The predicted octanol–water partition coefficient (Wildman–Crippen LogP) is 3.66. The van der Waals surface area contributed by atoms with Crippen LogP contribution >= 0.6 is 0 Å². The van der Waals surface area contributed by atoms with Crippen molar-refractivity contribution in [3.63, 3.8) is 0 Å². The van der Waals surface area contributed by atoms with Crippen LogP contribution in [0.25, 0.3) is 0 Å². The molecule has 1 aliphatic carbocycles. The highest BCUT2D eigenvalue weighted by Gasteiger charge is 2.17. The first-order valence-electron chi connectivity index (χ1n) is 6.82. The molecule has 0 radical (unpaired) electrons. The molecule has 0 fully saturated rings. The van der Waals surface area contributed by atoms with Crippen LogP contribution in [0.15, 0.2) is 48.5 Å². The lowest BCUT2D eigenvalue weighted by atomic mass is 9.88. The van der Waals surface area contributed by atoms with Gasteiger partial charge in [0.05, 0.1) is 7.11 Å². The summed E-state index contributed by atoms with van der Waals surface area (Å²) < 4.78 is 5.26. The fourth-order valence-electron chi connectivity index (χ4n) is 2.77. The number of benzene rings is 2. The number of hydrogen-bond donors (Lipinski definition) is 1. The van der Waals surface area contributed by atoms with E-state index in [1.54, 1.807) is 7.11 Å². The molecular formula is C17H19NO. The van der Waals surface area contributed by atoms with Crippen LogP contribution < -0.4 is 10.1 Å². The molecular weight excluding hydrogens is 234 g/mol. The number of fused-ring (bicyclic) bond motifs is 1. The average Bonchev–Trinajstić information content (AvgIpc) is 2.47. The van der Waals surface area contributed by atoms with Crippen molar-refractivity contribution in [2.75, 3.05) is 12.4 Å². The summed E-state index contributed by atoms with van der Waals surface area (Å²) >= 11 is 0. The van der Waals surface area contributed by atoms with E-state index in [9.17, 15) is 0 Å². The van der Waals surface area contributed by atoms with Gasteiger partial charge in [-0.1, -0.05) is 30.3 Å². The topological polar surface area (TPSA) is 21.3 Å². The summed E-state index contributed by atoms with van der Waals surface area (Å²) in [5.41, 5.74) is 4.13. The predicted molar refractivity (Wildman–Crippen MR) is 78.9 cm³/mol. The van der Waals surface area contributed by atoms with E-state index in [0.29, 0.717) is 6.04 Å². The summed E-state index contributed by atoms with van der Waals surface area (Å²) in [6.45, 7) is 0. The Labute approximate surface area is 114 Å². The normalized spacial score (nSPS) is 17.6. The number of aryl methyl sites for hydroxylation is 1. The summed E-state index contributed by atoms with van der Waals surface area (Å²) in [5, 5.41) is 3.62. The second-order valence-corrected chi connectivity index (χ2v) is 5.08. The Balaban J connectivity index is 1.71. The summed E-state index contributed by atoms with van der Waals surface area (Å²) in [5.74, 6) is 0.904. The Bertz CT molecular complexity index is 565. The van der Waals surface area contributed by atoms with E-state index in [4.69, 9.17) is 4.74 Å². The van der Waals surface area contributed by atoms with Crippen LogP contribution in [0.2, 0.25) is 0 Å². The van der Waals surface area contributed by atoms with E-state index in [0.717, 1.165) is 24.3 Å². The van der Waals surface area contributed by atoms with E-state index < -0.39 is 0 Å². The van der Waals surface area contributed by atoms with Gasteiger partial charge in [0.15, 0.2) is 0 Å². The first kappa shape index (κ1) is 12.1. The van der Waals surface area contributed by atoms with Crippen LogP contribution in [0, 0.1) is 0 Å². The van der Waals surface area contributed by atoms with Gasteiger partial charge < -0.3 is 10.1 Å². The Kier molecular flexibility index (Phi) is 3.41. The van der Waals surface area contributed by atoms with Crippen molar-refractivity contribution in [3.8, 4) is 5.75 Å². The minimum Gasteiger partial charge on any atom is -0.497 e. The lowest BCUT2D eigenvalue weighted by Crippen LogP contribution is -2.27. The van der Waals surface area contributed by atoms with Gasteiger partial charge in [-0.3, -0.25) is 0 Å². The van der Waals surface area contributed by atoms with Gasteiger partial charge in [-0.05, 0) is 42.5 Å². The Morgan fingerprint density at radius 3 is 2.74 bits per heavy atom. The number of methoxy groups -OCH3 is 1. The maximum Gasteiger partial charge on any atom is 0.120 e. The summed E-state index contributed by atoms with van der Waals surface area (Å²) in [6, 6.07) is 17.4. The quantitative estimate of drug-likeness (QED) is 0.901. The molecule has 2 aromatic rings. The number of ether oxygens (including phenoxy) is 1. The van der Waals surface area contributed by atoms with Crippen molar-refractivity contribution in [1.82, 2.24) is 0 Å². The summed E-state index contributed by atoms with van der Waals surface area (Å²) in [7, 11) is 1.70. The second kappa shape index (κ2) is 5.35. The first-order valence-corrected chi connectivity index (χ1v) is 6.82. The molecule has 0 aliphatic heterocycles. The molecule has 2 aromatic carbocycles. The lowest BCUT2D eigenvalue weighted by Gasteiger charge is -2.26. The van der Waals surface area contributed by atoms with Crippen molar-refractivity contribution >= 4 is 5.69 Å². The highest BCUT2D eigenvalue weighted by Crippen LogP contribution is 2.25. The highest BCUT2D eigenvalue weighted by atomic mass is 16.5. The van der Waals surface area contributed by atoms with Crippen LogP contribution in [0.4, 0.5) is 5.69 Å². The third kappa shape index (κ3) is 2.73. The molecule has 19 heavy (non-hydrogen) atoms. The van der Waals surface area contributed by atoms with Crippen molar-refractivity contribution in [3.05, 3.63) is 59.7 Å². The van der Waals surface area contributed by atoms with E-state index in [-0.39, 0.29) is 0 Å². The molecule has 3 rings (SSSR count). The second-order valence-electron chi connectivity index (χ2n) is 5.08. The molecule has 1 aliphatic rings. The van der Waals surface area contributed by atoms with Gasteiger partial charge in [0.25, 0.3) is 0 Å². The van der Waals surface area contributed by atoms with E-state index in [1.165, 1.54) is 17.5 Å². The molecule has 0 amide bonds. The third-order valence-electron chi connectivity index (χ3n) is 3.79. The van der Waals surface area contributed by atoms with Crippen molar-refractivity contribution in [1.29, 1.82) is 0 Å². The molecule has 1 N–H and O–H groups in total. The van der Waals surface area contributed by atoms with E-state index in [2.05, 4.69) is 41.7 Å². The minimum absolute atomic E-state index is 0.516. The maximum atomic E-state index is 5.26. The summed E-state index contributed by atoms with van der Waals surface area (Å²) in [4.78, 5) is 0. The van der Waals surface area contributed by atoms with Gasteiger partial charge in [-0.25, -0.2) is 0 Å². The molecule has 2 nitrogen and oxygen atoms in total. The number of hydrogen-bond acceptors (Lipinski definition) is 2. The zero-order valence-electron chi connectivity index (χ0n) is 11.2. The molecule has 0 bridgehead atoms. The van der Waals surface area contributed by atoms with Crippen LogP contribution in [-0.2, 0) is 12.8 Å². The van der Waals surface area contributed by atoms with Gasteiger partial charge in [-0.2, -0.15) is 0 Å². The molecule has 1 atom stereocenters. The molecule has 0 saturated carbocycles. The standard InChI is InChI=1S/C17H19NO/c1-19-17-8-4-7-15(12-17)18-16-10-9-13-5-2-3-6-14(13)11-16/h2-8,12,16,18H,9-11H2,1H3. The lowest BCUT2D eigenvalue weighted by molar-refractivity contribution is 0.415. The van der Waals surface area contributed by atoms with Crippen LogP contribution in [0.5, 0.6) is 5.75 Å². The number of nitrogens with one attached hydrogen (secondary N) is 1. The SMILES string of the molecule is COc1cccc(NC2CCc3ccccc3C2)c1. The zero-order chi connectivity index (χ0) is 13.1. The van der Waals surface area contributed by atoms with Crippen molar-refractivity contribution in [2.24, 2.45) is 0 Å². The van der Waals surface area contributed by atoms with Gasteiger partial charge in [0.2, 0.25) is 0 Å². The molecule has 2 heteroatoms. The smallest absolute Gasteiger partial charge is 0.120 e. The third-order valence-corrected chi connectivity index (χ3v) is 3.79. The van der Waals surface area contributed by atoms with Crippen LogP contribution in [0.1, 0.15) is 17.5 Å². The Morgan fingerprint density at radius 1 is 1.05 bits per heavy atom. The fourth-order valence-corrected chi connectivity index (χ4v) is 2.77. The maximum absolute atomic E-state index is 5.26. The first-order chi connectivity index (χ1) is 9.35. The average molecular weight is 253 g/mol. The summed E-state index contributed by atoms with van der Waals surface area (Å²) in [6.07, 6.45) is 3.46. The number of rotatable bonds is 3. The fraction of sp³-hybridized carbons (Fsp3) is 0.294. The van der Waals surface area contributed by atoms with Crippen molar-refractivity contribution in [2.45, 2.75) is 25.3 Å². The largest absolute Gasteiger partial charge is 0.497 e. The van der Waals surface area contributed by atoms with Gasteiger partial charge in [0, 0.05) is 17.8 Å². The molecule has 0 aromatic heterocycles. The molecule has 0 heterocycles. The molecule has 1 unspecified atom stereocenters.